The van der Waals surface area contributed by atoms with Crippen LogP contribution in [0.25, 0.3) is 0 Å². The number of hydrogen-bond acceptors (Lipinski definition) is 3. The largest absolute Gasteiger partial charge is 0.385 e. The second-order valence-electron chi connectivity index (χ2n) is 6.77. The predicted molar refractivity (Wildman–Crippen MR) is 90.6 cm³/mol. The van der Waals surface area contributed by atoms with E-state index in [1.54, 1.807) is 7.11 Å². The van der Waals surface area contributed by atoms with Crippen LogP contribution in [-0.4, -0.2) is 53.8 Å². The molecule has 0 spiro atoms. The van der Waals surface area contributed by atoms with Gasteiger partial charge in [0.15, 0.2) is 0 Å². The Kier molecular flexibility index (Phi) is 6.45. The number of hydrogen-bond donors (Lipinski definition) is 1. The molecule has 2 heterocycles. The summed E-state index contributed by atoms with van der Waals surface area (Å²) in [5.41, 5.74) is 1.18. The number of methoxy groups -OCH3 is 1. The first kappa shape index (κ1) is 17.8. The van der Waals surface area contributed by atoms with Gasteiger partial charge in [-0.15, -0.1) is 0 Å². The maximum atomic E-state index is 12.2. The molecule has 1 aromatic rings. The first-order valence-corrected chi connectivity index (χ1v) is 8.56. The number of urea groups is 1. The molecule has 23 heavy (non-hydrogen) atoms. The summed E-state index contributed by atoms with van der Waals surface area (Å²) in [7, 11) is 1.73. The molecule has 2 amide bonds. The maximum absolute atomic E-state index is 12.2. The minimum atomic E-state index is 0.0513. The second-order valence-corrected chi connectivity index (χ2v) is 6.77. The second kappa shape index (κ2) is 8.34. The van der Waals surface area contributed by atoms with Gasteiger partial charge >= 0.3 is 6.03 Å². The highest BCUT2D eigenvalue weighted by Gasteiger charge is 2.30. The van der Waals surface area contributed by atoms with E-state index in [0.717, 1.165) is 51.5 Å². The van der Waals surface area contributed by atoms with E-state index in [-0.39, 0.29) is 6.03 Å². The monoisotopic (exact) mass is 322 g/mol. The number of nitrogens with one attached hydrogen (secondary N) is 1. The van der Waals surface area contributed by atoms with Gasteiger partial charge in [0.2, 0.25) is 0 Å². The standard InChI is InChI=1S/C17H30N4O2/c1-13(2)10-19-17(22)20-8-6-15(12-20)16-18-11-14(3)21(16)7-5-9-23-4/h11,13,15H,5-10,12H2,1-4H3,(H,19,22). The molecule has 6 nitrogen and oxygen atoms in total. The molecule has 0 bridgehead atoms. The van der Waals surface area contributed by atoms with E-state index in [4.69, 9.17) is 4.74 Å². The van der Waals surface area contributed by atoms with Crippen molar-refractivity contribution in [1.29, 1.82) is 0 Å². The van der Waals surface area contributed by atoms with Gasteiger partial charge in [-0.3, -0.25) is 0 Å². The average molecular weight is 322 g/mol. The molecule has 1 aliphatic heterocycles. The zero-order valence-electron chi connectivity index (χ0n) is 14.8. The number of amides is 2. The summed E-state index contributed by atoms with van der Waals surface area (Å²) in [5.74, 6) is 1.91. The zero-order valence-corrected chi connectivity index (χ0v) is 14.8. The molecule has 1 atom stereocenters. The van der Waals surface area contributed by atoms with E-state index in [0.29, 0.717) is 11.8 Å². The van der Waals surface area contributed by atoms with Crippen molar-refractivity contribution >= 4 is 6.03 Å². The van der Waals surface area contributed by atoms with Gasteiger partial charge in [0.25, 0.3) is 0 Å². The molecule has 1 unspecified atom stereocenters. The Morgan fingerprint density at radius 2 is 2.30 bits per heavy atom. The Bertz CT molecular complexity index is 513. The molecule has 1 aliphatic rings. The zero-order chi connectivity index (χ0) is 16.8. The van der Waals surface area contributed by atoms with Crippen LogP contribution in [0.2, 0.25) is 0 Å². The van der Waals surface area contributed by atoms with Crippen LogP contribution < -0.4 is 5.32 Å². The molecule has 1 N–H and O–H groups in total. The number of carbonyl (C=O) groups excluding carboxylic acids is 1. The predicted octanol–water partition coefficient (Wildman–Crippen LogP) is 2.38. The van der Waals surface area contributed by atoms with Gasteiger partial charge < -0.3 is 19.5 Å². The van der Waals surface area contributed by atoms with Crippen LogP contribution in [0, 0.1) is 12.8 Å². The van der Waals surface area contributed by atoms with Gasteiger partial charge in [-0.25, -0.2) is 9.78 Å². The summed E-state index contributed by atoms with van der Waals surface area (Å²) in [5, 5.41) is 3.00. The van der Waals surface area contributed by atoms with Crippen LogP contribution >= 0.6 is 0 Å². The lowest BCUT2D eigenvalue weighted by molar-refractivity contribution is 0.189. The Hall–Kier alpha value is -1.56. The van der Waals surface area contributed by atoms with E-state index in [1.807, 2.05) is 11.1 Å². The number of rotatable bonds is 7. The molecule has 0 aliphatic carbocycles. The minimum absolute atomic E-state index is 0.0513. The fraction of sp³-hybridized carbons (Fsp3) is 0.765. The lowest BCUT2D eigenvalue weighted by Gasteiger charge is -2.19. The first-order valence-electron chi connectivity index (χ1n) is 8.56. The van der Waals surface area contributed by atoms with Gasteiger partial charge in [0.05, 0.1) is 0 Å². The maximum Gasteiger partial charge on any atom is 0.317 e. The lowest BCUT2D eigenvalue weighted by atomic mass is 10.1. The molecule has 6 heteroatoms. The summed E-state index contributed by atoms with van der Waals surface area (Å²) >= 11 is 0. The number of aryl methyl sites for hydroxylation is 1. The van der Waals surface area contributed by atoms with E-state index >= 15 is 0 Å². The van der Waals surface area contributed by atoms with E-state index in [1.165, 1.54) is 5.69 Å². The molecule has 1 fully saturated rings. The Morgan fingerprint density at radius 3 is 3.00 bits per heavy atom. The Morgan fingerprint density at radius 1 is 1.52 bits per heavy atom. The highest BCUT2D eigenvalue weighted by Crippen LogP contribution is 2.27. The third-order valence-corrected chi connectivity index (χ3v) is 4.32. The molecular formula is C17H30N4O2. The third kappa shape index (κ3) is 4.70. The molecule has 0 radical (unpaired) electrons. The van der Waals surface area contributed by atoms with Crippen LogP contribution in [0.15, 0.2) is 6.20 Å². The fourth-order valence-corrected chi connectivity index (χ4v) is 3.02. The van der Waals surface area contributed by atoms with Crippen LogP contribution in [0.4, 0.5) is 4.79 Å². The van der Waals surface area contributed by atoms with Crippen molar-refractivity contribution < 1.29 is 9.53 Å². The van der Waals surface area contributed by atoms with Crippen molar-refractivity contribution in [2.45, 2.75) is 46.1 Å². The molecular weight excluding hydrogens is 292 g/mol. The molecule has 2 rings (SSSR count). The van der Waals surface area contributed by atoms with Crippen molar-refractivity contribution in [3.05, 3.63) is 17.7 Å². The highest BCUT2D eigenvalue weighted by molar-refractivity contribution is 5.74. The molecule has 130 valence electrons. The third-order valence-electron chi connectivity index (χ3n) is 4.32. The average Bonchev–Trinajstić information content (AvgIpc) is 3.12. The van der Waals surface area contributed by atoms with E-state index < -0.39 is 0 Å². The highest BCUT2D eigenvalue weighted by atomic mass is 16.5. The van der Waals surface area contributed by atoms with E-state index in [2.05, 4.69) is 35.6 Å². The van der Waals surface area contributed by atoms with Gasteiger partial charge in [0, 0.05) is 57.7 Å². The number of likely N-dealkylation sites (tertiary alicyclic amines) is 1. The smallest absolute Gasteiger partial charge is 0.317 e. The van der Waals surface area contributed by atoms with Crippen molar-refractivity contribution in [1.82, 2.24) is 19.8 Å². The van der Waals surface area contributed by atoms with Gasteiger partial charge in [-0.1, -0.05) is 13.8 Å². The summed E-state index contributed by atoms with van der Waals surface area (Å²) in [4.78, 5) is 18.7. The number of carbonyl (C=O) groups is 1. The summed E-state index contributed by atoms with van der Waals surface area (Å²) < 4.78 is 7.42. The van der Waals surface area contributed by atoms with Crippen LogP contribution in [-0.2, 0) is 11.3 Å². The number of nitrogens with zero attached hydrogens (tertiary/aromatic N) is 3. The van der Waals surface area contributed by atoms with Crippen molar-refractivity contribution in [3.8, 4) is 0 Å². The van der Waals surface area contributed by atoms with Crippen LogP contribution in [0.1, 0.15) is 44.1 Å². The van der Waals surface area contributed by atoms with E-state index in [9.17, 15) is 4.79 Å². The Labute approximate surface area is 139 Å². The molecule has 0 saturated carbocycles. The summed E-state index contributed by atoms with van der Waals surface area (Å²) in [6, 6.07) is 0.0513. The SMILES string of the molecule is COCCCn1c(C)cnc1C1CCN(C(=O)NCC(C)C)C1. The minimum Gasteiger partial charge on any atom is -0.385 e. The van der Waals surface area contributed by atoms with Crippen LogP contribution in [0.5, 0.6) is 0 Å². The normalized spacial score (nSPS) is 18.0. The Balaban J connectivity index is 1.95. The molecule has 1 aromatic heterocycles. The van der Waals surface area contributed by atoms with Crippen molar-refractivity contribution in [2.24, 2.45) is 5.92 Å². The van der Waals surface area contributed by atoms with Crippen molar-refractivity contribution in [2.75, 3.05) is 33.4 Å². The molecule has 0 aromatic carbocycles. The van der Waals surface area contributed by atoms with Crippen LogP contribution in [0.3, 0.4) is 0 Å². The topological polar surface area (TPSA) is 59.4 Å². The van der Waals surface area contributed by atoms with Gasteiger partial charge in [0.1, 0.15) is 5.82 Å². The number of aromatic nitrogens is 2. The van der Waals surface area contributed by atoms with Gasteiger partial charge in [-0.05, 0) is 25.7 Å². The summed E-state index contributed by atoms with van der Waals surface area (Å²) in [6.45, 7) is 10.3. The first-order chi connectivity index (χ1) is 11.0. The quantitative estimate of drug-likeness (QED) is 0.784. The number of imidazole rings is 1. The lowest BCUT2D eigenvalue weighted by Crippen LogP contribution is -2.40. The summed E-state index contributed by atoms with van der Waals surface area (Å²) in [6.07, 6.45) is 3.89. The number of ether oxygens (including phenoxy) is 1. The fourth-order valence-electron chi connectivity index (χ4n) is 3.02. The van der Waals surface area contributed by atoms with Crippen molar-refractivity contribution in [3.63, 3.8) is 0 Å². The molecule has 1 saturated heterocycles. The van der Waals surface area contributed by atoms with Gasteiger partial charge in [-0.2, -0.15) is 0 Å².